The number of fused-ring (bicyclic) bond motifs is 1. The zero-order valence-corrected chi connectivity index (χ0v) is 11.1. The summed E-state index contributed by atoms with van der Waals surface area (Å²) in [5.74, 6) is 4.86. The van der Waals surface area contributed by atoms with Crippen molar-refractivity contribution in [2.75, 3.05) is 0 Å². The largest absolute Gasteiger partial charge is 0.350 e. The van der Waals surface area contributed by atoms with Gasteiger partial charge in [0.2, 0.25) is 0 Å². The van der Waals surface area contributed by atoms with Gasteiger partial charge in [-0.25, -0.2) is 5.84 Å². The highest BCUT2D eigenvalue weighted by Crippen LogP contribution is 2.32. The van der Waals surface area contributed by atoms with Crippen LogP contribution in [0.3, 0.4) is 0 Å². The average molecular weight is 276 g/mol. The SMILES string of the molecule is N#Cc1cccc(-c2c(C(=O)NN)[nH]c3ccccc23)c1. The highest BCUT2D eigenvalue weighted by molar-refractivity contribution is 6.09. The molecular weight excluding hydrogens is 264 g/mol. The van der Waals surface area contributed by atoms with Crippen molar-refractivity contribution in [3.05, 3.63) is 59.8 Å². The summed E-state index contributed by atoms with van der Waals surface area (Å²) in [6.45, 7) is 0. The number of hydrogen-bond donors (Lipinski definition) is 3. The van der Waals surface area contributed by atoms with E-state index in [9.17, 15) is 4.79 Å². The molecule has 0 spiro atoms. The maximum Gasteiger partial charge on any atom is 0.282 e. The van der Waals surface area contributed by atoms with E-state index in [4.69, 9.17) is 11.1 Å². The van der Waals surface area contributed by atoms with E-state index in [1.807, 2.05) is 30.3 Å². The van der Waals surface area contributed by atoms with E-state index in [1.54, 1.807) is 18.2 Å². The molecule has 2 aromatic carbocycles. The van der Waals surface area contributed by atoms with Gasteiger partial charge in [-0.2, -0.15) is 5.26 Å². The van der Waals surface area contributed by atoms with E-state index in [0.29, 0.717) is 11.3 Å². The number of nitriles is 1. The number of aromatic amines is 1. The molecule has 0 saturated heterocycles. The molecule has 3 aromatic rings. The third-order valence-corrected chi connectivity index (χ3v) is 3.34. The summed E-state index contributed by atoms with van der Waals surface area (Å²) in [6.07, 6.45) is 0. The van der Waals surface area contributed by atoms with Crippen LogP contribution in [0.4, 0.5) is 0 Å². The predicted octanol–water partition coefficient (Wildman–Crippen LogP) is 2.31. The standard InChI is InChI=1S/C16H12N4O/c17-9-10-4-3-5-11(8-10)14-12-6-1-2-7-13(12)19-15(14)16(21)20-18/h1-8,19H,18H2,(H,20,21). The first-order valence-corrected chi connectivity index (χ1v) is 6.37. The Balaban J connectivity index is 2.33. The van der Waals surface area contributed by atoms with Crippen molar-refractivity contribution in [2.24, 2.45) is 5.84 Å². The number of amides is 1. The number of H-pyrrole nitrogens is 1. The number of carbonyl (C=O) groups is 1. The first-order valence-electron chi connectivity index (χ1n) is 6.37. The van der Waals surface area contributed by atoms with Crippen LogP contribution in [0.15, 0.2) is 48.5 Å². The Morgan fingerprint density at radius 2 is 2.00 bits per heavy atom. The summed E-state index contributed by atoms with van der Waals surface area (Å²) in [5, 5.41) is 9.95. The predicted molar refractivity (Wildman–Crippen MR) is 80.1 cm³/mol. The van der Waals surface area contributed by atoms with Gasteiger partial charge in [-0.3, -0.25) is 10.2 Å². The Hall–Kier alpha value is -3.10. The minimum Gasteiger partial charge on any atom is -0.350 e. The minimum atomic E-state index is -0.399. The average Bonchev–Trinajstić information content (AvgIpc) is 2.93. The molecule has 5 nitrogen and oxygen atoms in total. The van der Waals surface area contributed by atoms with Crippen LogP contribution < -0.4 is 11.3 Å². The van der Waals surface area contributed by atoms with Crippen LogP contribution >= 0.6 is 0 Å². The molecule has 5 heteroatoms. The zero-order chi connectivity index (χ0) is 14.8. The fraction of sp³-hybridized carbons (Fsp3) is 0. The highest BCUT2D eigenvalue weighted by atomic mass is 16.2. The molecule has 0 bridgehead atoms. The number of nitrogens with two attached hydrogens (primary N) is 1. The Morgan fingerprint density at radius 1 is 1.19 bits per heavy atom. The normalized spacial score (nSPS) is 10.3. The van der Waals surface area contributed by atoms with Crippen molar-refractivity contribution >= 4 is 16.8 Å². The number of nitrogens with zero attached hydrogens (tertiary/aromatic N) is 1. The number of carbonyl (C=O) groups excluding carboxylic acids is 1. The quantitative estimate of drug-likeness (QED) is 0.381. The van der Waals surface area contributed by atoms with Crippen LogP contribution in [-0.4, -0.2) is 10.9 Å². The van der Waals surface area contributed by atoms with Gasteiger partial charge in [0.1, 0.15) is 5.69 Å². The maximum absolute atomic E-state index is 12.0. The van der Waals surface area contributed by atoms with Crippen LogP contribution in [0.1, 0.15) is 16.1 Å². The number of benzene rings is 2. The smallest absolute Gasteiger partial charge is 0.282 e. The molecule has 3 rings (SSSR count). The van der Waals surface area contributed by atoms with Crippen molar-refractivity contribution in [3.8, 4) is 17.2 Å². The Kier molecular flexibility index (Phi) is 3.14. The molecule has 4 N–H and O–H groups in total. The molecule has 0 aliphatic rings. The first kappa shape index (κ1) is 12.9. The monoisotopic (exact) mass is 276 g/mol. The van der Waals surface area contributed by atoms with Crippen molar-refractivity contribution in [2.45, 2.75) is 0 Å². The lowest BCUT2D eigenvalue weighted by Crippen LogP contribution is -2.30. The van der Waals surface area contributed by atoms with Crippen LogP contribution in [0.2, 0.25) is 0 Å². The van der Waals surface area contributed by atoms with E-state index >= 15 is 0 Å². The van der Waals surface area contributed by atoms with Gasteiger partial charge in [0.15, 0.2) is 0 Å². The van der Waals surface area contributed by atoms with E-state index < -0.39 is 5.91 Å². The fourth-order valence-corrected chi connectivity index (χ4v) is 2.43. The topological polar surface area (TPSA) is 94.7 Å². The molecular formula is C16H12N4O. The molecule has 21 heavy (non-hydrogen) atoms. The Morgan fingerprint density at radius 3 is 2.76 bits per heavy atom. The van der Waals surface area contributed by atoms with Crippen molar-refractivity contribution in [1.82, 2.24) is 10.4 Å². The Bertz CT molecular complexity index is 873. The molecule has 102 valence electrons. The van der Waals surface area contributed by atoms with Crippen LogP contribution in [0.25, 0.3) is 22.0 Å². The molecule has 0 unspecified atom stereocenters. The summed E-state index contributed by atoms with van der Waals surface area (Å²) in [7, 11) is 0. The maximum atomic E-state index is 12.0. The number of aromatic nitrogens is 1. The highest BCUT2D eigenvalue weighted by Gasteiger charge is 2.18. The summed E-state index contributed by atoms with van der Waals surface area (Å²) in [5.41, 5.74) is 5.45. The van der Waals surface area contributed by atoms with Crippen molar-refractivity contribution in [3.63, 3.8) is 0 Å². The van der Waals surface area contributed by atoms with E-state index in [-0.39, 0.29) is 0 Å². The number of hydrazine groups is 1. The van der Waals surface area contributed by atoms with Gasteiger partial charge < -0.3 is 4.98 Å². The third-order valence-electron chi connectivity index (χ3n) is 3.34. The second kappa shape index (κ2) is 5.12. The second-order valence-corrected chi connectivity index (χ2v) is 4.59. The molecule has 0 saturated carbocycles. The van der Waals surface area contributed by atoms with E-state index in [1.165, 1.54) is 0 Å². The van der Waals surface area contributed by atoms with Gasteiger partial charge in [0, 0.05) is 16.5 Å². The van der Waals surface area contributed by atoms with E-state index in [0.717, 1.165) is 22.0 Å². The summed E-state index contributed by atoms with van der Waals surface area (Å²) in [6, 6.07) is 16.8. The van der Waals surface area contributed by atoms with Crippen molar-refractivity contribution < 1.29 is 4.79 Å². The molecule has 0 aliphatic carbocycles. The van der Waals surface area contributed by atoms with Gasteiger partial charge in [-0.05, 0) is 23.8 Å². The molecule has 0 radical (unpaired) electrons. The molecule has 0 atom stereocenters. The van der Waals surface area contributed by atoms with Gasteiger partial charge in [-0.15, -0.1) is 0 Å². The lowest BCUT2D eigenvalue weighted by molar-refractivity contribution is 0.0950. The molecule has 1 aromatic heterocycles. The summed E-state index contributed by atoms with van der Waals surface area (Å²) >= 11 is 0. The molecule has 0 aliphatic heterocycles. The lowest BCUT2D eigenvalue weighted by Gasteiger charge is -2.04. The minimum absolute atomic E-state index is 0.383. The van der Waals surface area contributed by atoms with Crippen LogP contribution in [-0.2, 0) is 0 Å². The van der Waals surface area contributed by atoms with Crippen LogP contribution in [0.5, 0.6) is 0 Å². The number of nitrogens with one attached hydrogen (secondary N) is 2. The van der Waals surface area contributed by atoms with Crippen molar-refractivity contribution in [1.29, 1.82) is 5.26 Å². The Labute approximate surface area is 121 Å². The van der Waals surface area contributed by atoms with Gasteiger partial charge in [0.25, 0.3) is 5.91 Å². The second-order valence-electron chi connectivity index (χ2n) is 4.59. The van der Waals surface area contributed by atoms with Gasteiger partial charge in [-0.1, -0.05) is 30.3 Å². The first-order chi connectivity index (χ1) is 10.2. The third kappa shape index (κ3) is 2.14. The number of nitrogen functional groups attached to an aromatic ring is 1. The fourth-order valence-electron chi connectivity index (χ4n) is 2.43. The van der Waals surface area contributed by atoms with Gasteiger partial charge >= 0.3 is 0 Å². The molecule has 1 heterocycles. The summed E-state index contributed by atoms with van der Waals surface area (Å²) in [4.78, 5) is 15.1. The lowest BCUT2D eigenvalue weighted by atomic mass is 10.00. The summed E-state index contributed by atoms with van der Waals surface area (Å²) < 4.78 is 0. The van der Waals surface area contributed by atoms with Gasteiger partial charge in [0.05, 0.1) is 11.6 Å². The molecule has 0 fully saturated rings. The zero-order valence-electron chi connectivity index (χ0n) is 11.1. The number of rotatable bonds is 2. The molecule has 1 amide bonds. The van der Waals surface area contributed by atoms with E-state index in [2.05, 4.69) is 16.5 Å². The van der Waals surface area contributed by atoms with Crippen LogP contribution in [0, 0.1) is 11.3 Å². The number of para-hydroxylation sites is 1. The number of hydrogen-bond acceptors (Lipinski definition) is 3.